The normalized spacial score (nSPS) is 25.1. The van der Waals surface area contributed by atoms with Crippen LogP contribution >= 0.6 is 23.4 Å². The Morgan fingerprint density at radius 1 is 1.24 bits per heavy atom. The number of halogens is 3. The number of thioether (sulfide) groups is 1. The van der Waals surface area contributed by atoms with E-state index in [1.165, 1.54) is 36.0 Å². The first-order valence-electron chi connectivity index (χ1n) is 10.7. The molecule has 0 radical (unpaired) electrons. The number of aliphatic carboxylic acids is 1. The average Bonchev–Trinajstić information content (AvgIpc) is 2.81. The van der Waals surface area contributed by atoms with E-state index in [0.29, 0.717) is 17.2 Å². The molecule has 11 heteroatoms. The second-order valence-electron chi connectivity index (χ2n) is 8.30. The van der Waals surface area contributed by atoms with Gasteiger partial charge in [0, 0.05) is 17.5 Å². The van der Waals surface area contributed by atoms with E-state index in [2.05, 4.69) is 0 Å². The number of benzene rings is 2. The summed E-state index contributed by atoms with van der Waals surface area (Å²) in [5.41, 5.74) is -0.321. The highest BCUT2D eigenvalue weighted by Crippen LogP contribution is 2.56. The van der Waals surface area contributed by atoms with E-state index in [0.717, 1.165) is 12.1 Å². The molecule has 1 saturated heterocycles. The molecule has 4 rings (SSSR count). The van der Waals surface area contributed by atoms with Crippen LogP contribution in [0.2, 0.25) is 5.02 Å². The zero-order chi connectivity index (χ0) is 24.7. The Kier molecular flexibility index (Phi) is 7.15. The largest absolute Gasteiger partial charge is 0.490 e. The molecule has 0 spiro atoms. The quantitative estimate of drug-likeness (QED) is 0.553. The summed E-state index contributed by atoms with van der Waals surface area (Å²) < 4.78 is 68.0. The number of carboxylic acids is 1. The molecule has 184 valence electrons. The molecule has 2 aromatic carbocycles. The Morgan fingerprint density at radius 2 is 1.91 bits per heavy atom. The highest BCUT2D eigenvalue weighted by Gasteiger charge is 2.61. The van der Waals surface area contributed by atoms with Gasteiger partial charge in [-0.2, -0.15) is 0 Å². The molecule has 2 aliphatic rings. The molecule has 34 heavy (non-hydrogen) atoms. The van der Waals surface area contributed by atoms with Crippen LogP contribution in [0, 0.1) is 17.6 Å². The van der Waals surface area contributed by atoms with Crippen molar-refractivity contribution < 1.29 is 36.6 Å². The van der Waals surface area contributed by atoms with Gasteiger partial charge in [-0.1, -0.05) is 11.6 Å². The fraction of sp³-hybridized carbons (Fsp3) is 0.435. The van der Waals surface area contributed by atoms with Crippen molar-refractivity contribution in [3.63, 3.8) is 0 Å². The number of rotatable bonds is 7. The third kappa shape index (κ3) is 4.19. The maximum atomic E-state index is 15.3. The average molecular weight is 533 g/mol. The Hall–Kier alpha value is -1.88. The Morgan fingerprint density at radius 3 is 2.59 bits per heavy atom. The maximum absolute atomic E-state index is 15.3. The molecule has 1 N–H and O–H groups in total. The van der Waals surface area contributed by atoms with E-state index in [9.17, 15) is 17.6 Å². The number of carboxylic acid groups (broad SMARTS) is 1. The number of carbonyl (C=O) groups is 1. The van der Waals surface area contributed by atoms with Gasteiger partial charge in [0.05, 0.1) is 28.4 Å². The van der Waals surface area contributed by atoms with E-state index < -0.39 is 55.2 Å². The first-order valence-corrected chi connectivity index (χ1v) is 13.6. The number of sulfone groups is 1. The summed E-state index contributed by atoms with van der Waals surface area (Å²) in [7, 11) is -4.27. The van der Waals surface area contributed by atoms with Crippen molar-refractivity contribution >= 4 is 39.2 Å². The van der Waals surface area contributed by atoms with Gasteiger partial charge in [0.1, 0.15) is 10.6 Å². The molecule has 4 atom stereocenters. The van der Waals surface area contributed by atoms with E-state index >= 15 is 4.39 Å². The van der Waals surface area contributed by atoms with Crippen molar-refractivity contribution in [2.24, 2.45) is 5.92 Å². The highest BCUT2D eigenvalue weighted by molar-refractivity contribution is 8.00. The van der Waals surface area contributed by atoms with Crippen molar-refractivity contribution in [1.82, 2.24) is 0 Å². The molecule has 0 saturated carbocycles. The van der Waals surface area contributed by atoms with Crippen molar-refractivity contribution in [1.29, 1.82) is 0 Å². The topological polar surface area (TPSA) is 89.9 Å². The Labute approximate surface area is 205 Å². The number of hydrogen-bond acceptors (Lipinski definition) is 6. The Balaban J connectivity index is 1.82. The third-order valence-corrected chi connectivity index (χ3v) is 10.5. The van der Waals surface area contributed by atoms with Gasteiger partial charge < -0.3 is 14.6 Å². The molecule has 0 amide bonds. The van der Waals surface area contributed by atoms with E-state index in [4.69, 9.17) is 26.2 Å². The second-order valence-corrected chi connectivity index (χ2v) is 12.4. The number of ether oxygens (including phenoxy) is 2. The van der Waals surface area contributed by atoms with Crippen LogP contribution in [0.4, 0.5) is 8.78 Å². The van der Waals surface area contributed by atoms with Crippen LogP contribution in [0.3, 0.4) is 0 Å². The van der Waals surface area contributed by atoms with E-state index in [1.807, 2.05) is 0 Å². The molecular weight excluding hydrogens is 510 g/mol. The lowest BCUT2D eigenvalue weighted by Gasteiger charge is -2.50. The monoisotopic (exact) mass is 532 g/mol. The van der Waals surface area contributed by atoms with Crippen LogP contribution in [0.5, 0.6) is 5.75 Å². The summed E-state index contributed by atoms with van der Waals surface area (Å²) in [5.74, 6) is -3.52. The minimum atomic E-state index is -4.27. The summed E-state index contributed by atoms with van der Waals surface area (Å²) in [6.45, 7) is 1.37. The zero-order valence-corrected chi connectivity index (χ0v) is 20.6. The van der Waals surface area contributed by atoms with E-state index in [1.54, 1.807) is 6.92 Å². The minimum absolute atomic E-state index is 0.00251. The zero-order valence-electron chi connectivity index (χ0n) is 18.2. The maximum Gasteiger partial charge on any atom is 0.316 e. The molecule has 2 aliphatic heterocycles. The van der Waals surface area contributed by atoms with E-state index in [-0.39, 0.29) is 30.1 Å². The summed E-state index contributed by atoms with van der Waals surface area (Å²) in [4.78, 5) is 11.1. The highest BCUT2D eigenvalue weighted by atomic mass is 35.5. The van der Waals surface area contributed by atoms with Crippen LogP contribution in [-0.2, 0) is 24.1 Å². The molecule has 2 heterocycles. The molecule has 2 aromatic rings. The standard InChI is InChI=1S/C23H23ClF2O6S2/c1-13(22(27)28)33-11-8-19-16-12-32-21-18(26)7-6-17(25)20(21)23(16,9-10-31-19)34(29,30)15-4-2-14(24)3-5-15/h2-7,13,16,19H,8-12H2,1H3,(H,27,28)/t13?,16-,19-,23-/m0/s1. The molecule has 1 fully saturated rings. The minimum Gasteiger partial charge on any atom is -0.490 e. The lowest BCUT2D eigenvalue weighted by molar-refractivity contribution is -0.136. The summed E-state index contributed by atoms with van der Waals surface area (Å²) in [6.07, 6.45) is -0.435. The SMILES string of the molecule is CC(SCC[C@@H]1OCC[C@@]2(S(=O)(=O)c3ccc(Cl)cc3)c3c(F)ccc(F)c3OC[C@@H]12)C(=O)O. The predicted octanol–water partition coefficient (Wildman–Crippen LogP) is 4.68. The van der Waals surface area contributed by atoms with Crippen molar-refractivity contribution in [2.75, 3.05) is 19.0 Å². The van der Waals surface area contributed by atoms with Gasteiger partial charge in [-0.25, -0.2) is 17.2 Å². The predicted molar refractivity (Wildman–Crippen MR) is 124 cm³/mol. The van der Waals surface area contributed by atoms with Gasteiger partial charge in [0.15, 0.2) is 21.4 Å². The van der Waals surface area contributed by atoms with Crippen LogP contribution in [0.1, 0.15) is 25.3 Å². The van der Waals surface area contributed by atoms with Crippen molar-refractivity contribution in [2.45, 2.75) is 40.8 Å². The number of hydrogen-bond donors (Lipinski definition) is 1. The summed E-state index contributed by atoms with van der Waals surface area (Å²) in [5, 5.41) is 8.82. The van der Waals surface area contributed by atoms with Gasteiger partial charge in [0.2, 0.25) is 0 Å². The lowest BCUT2D eigenvalue weighted by Crippen LogP contribution is -2.57. The van der Waals surface area contributed by atoms with Gasteiger partial charge in [0.25, 0.3) is 0 Å². The van der Waals surface area contributed by atoms with Crippen LogP contribution in [0.15, 0.2) is 41.3 Å². The van der Waals surface area contributed by atoms with Gasteiger partial charge >= 0.3 is 5.97 Å². The summed E-state index contributed by atoms with van der Waals surface area (Å²) >= 11 is 7.14. The van der Waals surface area contributed by atoms with Gasteiger partial charge in [-0.05, 0) is 61.9 Å². The third-order valence-electron chi connectivity index (χ3n) is 6.46. The van der Waals surface area contributed by atoms with Gasteiger partial charge in [-0.15, -0.1) is 11.8 Å². The smallest absolute Gasteiger partial charge is 0.316 e. The fourth-order valence-electron chi connectivity index (χ4n) is 4.77. The molecule has 1 unspecified atom stereocenters. The first kappa shape index (κ1) is 25.2. The van der Waals surface area contributed by atoms with Crippen LogP contribution in [0.25, 0.3) is 0 Å². The van der Waals surface area contributed by atoms with Crippen LogP contribution in [-0.4, -0.2) is 49.8 Å². The molecule has 0 aliphatic carbocycles. The first-order chi connectivity index (χ1) is 16.1. The second kappa shape index (κ2) is 9.64. The molecule has 6 nitrogen and oxygen atoms in total. The molecule has 0 bridgehead atoms. The fourth-order valence-corrected chi connectivity index (χ4v) is 8.10. The van der Waals surface area contributed by atoms with Gasteiger partial charge in [-0.3, -0.25) is 4.79 Å². The molecular formula is C23H23ClF2O6S2. The Bertz CT molecular complexity index is 1190. The van der Waals surface area contributed by atoms with Crippen LogP contribution < -0.4 is 4.74 Å². The van der Waals surface area contributed by atoms with Crippen molar-refractivity contribution in [3.8, 4) is 5.75 Å². The summed E-state index contributed by atoms with van der Waals surface area (Å²) in [6, 6.07) is 7.40. The van der Waals surface area contributed by atoms with Crippen molar-refractivity contribution in [3.05, 3.63) is 58.6 Å². The molecule has 0 aromatic heterocycles. The lowest BCUT2D eigenvalue weighted by atomic mass is 9.75. The number of fused-ring (bicyclic) bond motifs is 3.